The number of aliphatic hydroxyl groups excluding tert-OH is 1. The predicted octanol–water partition coefficient (Wildman–Crippen LogP) is 3.01. The molecule has 102 valence electrons. The van der Waals surface area contributed by atoms with Gasteiger partial charge in [0.15, 0.2) is 0 Å². The van der Waals surface area contributed by atoms with E-state index in [0.717, 1.165) is 34.3 Å². The Balaban J connectivity index is 1.33. The summed E-state index contributed by atoms with van der Waals surface area (Å²) >= 11 is 5.86. The molecule has 3 aliphatic rings. The van der Waals surface area contributed by atoms with Crippen molar-refractivity contribution in [3.63, 3.8) is 0 Å². The van der Waals surface area contributed by atoms with Crippen molar-refractivity contribution in [3.05, 3.63) is 34.9 Å². The van der Waals surface area contributed by atoms with Gasteiger partial charge < -0.3 is 10.4 Å². The summed E-state index contributed by atoms with van der Waals surface area (Å²) in [6, 6.07) is 8.18. The van der Waals surface area contributed by atoms with E-state index in [2.05, 4.69) is 5.32 Å². The second-order valence-electron chi connectivity index (χ2n) is 6.49. The Hall–Kier alpha value is -0.570. The number of hydrogen-bond donors (Lipinski definition) is 2. The third kappa shape index (κ3) is 2.01. The van der Waals surface area contributed by atoms with Crippen LogP contribution < -0.4 is 5.32 Å². The average Bonchev–Trinajstić information content (AvgIpc) is 2.80. The summed E-state index contributed by atoms with van der Waals surface area (Å²) < 4.78 is 0. The Bertz CT molecular complexity index is 458. The van der Waals surface area contributed by atoms with E-state index < -0.39 is 6.10 Å². The molecule has 1 aromatic carbocycles. The first-order valence-corrected chi connectivity index (χ1v) is 7.79. The summed E-state index contributed by atoms with van der Waals surface area (Å²) in [7, 11) is 0. The van der Waals surface area contributed by atoms with Crippen LogP contribution in [0.15, 0.2) is 24.3 Å². The van der Waals surface area contributed by atoms with Crippen LogP contribution in [0.5, 0.6) is 0 Å². The molecule has 0 saturated heterocycles. The highest BCUT2D eigenvalue weighted by Crippen LogP contribution is 2.65. The fraction of sp³-hybridized carbons (Fsp3) is 0.625. The van der Waals surface area contributed by atoms with Crippen LogP contribution in [-0.4, -0.2) is 17.7 Å². The number of nitrogens with one attached hydrogen (secondary N) is 1. The van der Waals surface area contributed by atoms with E-state index in [4.69, 9.17) is 11.6 Å². The SMILES string of the molecule is OC(CNC1C2C3CCC(C3)C12)c1ccc(Cl)cc1. The maximum Gasteiger partial charge on any atom is 0.0914 e. The van der Waals surface area contributed by atoms with Crippen LogP contribution in [0.25, 0.3) is 0 Å². The van der Waals surface area contributed by atoms with Gasteiger partial charge in [0.1, 0.15) is 0 Å². The fourth-order valence-electron chi connectivity index (χ4n) is 4.65. The Morgan fingerprint density at radius 2 is 1.79 bits per heavy atom. The van der Waals surface area contributed by atoms with Crippen molar-refractivity contribution in [2.24, 2.45) is 23.7 Å². The molecule has 5 atom stereocenters. The average molecular weight is 278 g/mol. The highest BCUT2D eigenvalue weighted by molar-refractivity contribution is 6.30. The van der Waals surface area contributed by atoms with E-state index in [9.17, 15) is 5.11 Å². The van der Waals surface area contributed by atoms with Gasteiger partial charge in [-0.05, 0) is 60.6 Å². The lowest BCUT2D eigenvalue weighted by Gasteiger charge is -2.15. The normalized spacial score (nSPS) is 40.2. The first-order valence-electron chi connectivity index (χ1n) is 7.41. The molecular weight excluding hydrogens is 258 g/mol. The first kappa shape index (κ1) is 12.2. The Morgan fingerprint density at radius 3 is 2.42 bits per heavy atom. The predicted molar refractivity (Wildman–Crippen MR) is 76.0 cm³/mol. The summed E-state index contributed by atoms with van der Waals surface area (Å²) in [5, 5.41) is 14.5. The summed E-state index contributed by atoms with van der Waals surface area (Å²) in [4.78, 5) is 0. The molecule has 19 heavy (non-hydrogen) atoms. The van der Waals surface area contributed by atoms with E-state index >= 15 is 0 Å². The summed E-state index contributed by atoms with van der Waals surface area (Å²) in [6.45, 7) is 0.665. The molecule has 2 bridgehead atoms. The molecule has 0 amide bonds. The maximum absolute atomic E-state index is 10.2. The van der Waals surface area contributed by atoms with E-state index in [1.165, 1.54) is 19.3 Å². The highest BCUT2D eigenvalue weighted by Gasteiger charge is 2.64. The number of hydrogen-bond acceptors (Lipinski definition) is 2. The molecule has 3 saturated carbocycles. The van der Waals surface area contributed by atoms with Crippen LogP contribution >= 0.6 is 11.6 Å². The molecule has 0 heterocycles. The van der Waals surface area contributed by atoms with Gasteiger partial charge in [0, 0.05) is 17.6 Å². The molecule has 2 nitrogen and oxygen atoms in total. The second kappa shape index (κ2) is 4.47. The number of halogens is 1. The quantitative estimate of drug-likeness (QED) is 0.887. The molecule has 2 N–H and O–H groups in total. The third-order valence-corrected chi connectivity index (χ3v) is 5.79. The van der Waals surface area contributed by atoms with Crippen LogP contribution in [0.1, 0.15) is 30.9 Å². The van der Waals surface area contributed by atoms with Crippen molar-refractivity contribution in [2.75, 3.05) is 6.54 Å². The maximum atomic E-state index is 10.2. The van der Waals surface area contributed by atoms with Crippen molar-refractivity contribution in [2.45, 2.75) is 31.4 Å². The Labute approximate surface area is 119 Å². The minimum Gasteiger partial charge on any atom is -0.387 e. The van der Waals surface area contributed by atoms with Gasteiger partial charge >= 0.3 is 0 Å². The van der Waals surface area contributed by atoms with Crippen molar-refractivity contribution >= 4 is 11.6 Å². The lowest BCUT2D eigenvalue weighted by atomic mass is 10.0. The smallest absolute Gasteiger partial charge is 0.0914 e. The molecule has 4 rings (SSSR count). The minimum absolute atomic E-state index is 0.420. The van der Waals surface area contributed by atoms with E-state index in [1.807, 2.05) is 24.3 Å². The van der Waals surface area contributed by atoms with Crippen LogP contribution in [0.3, 0.4) is 0 Å². The van der Waals surface area contributed by atoms with Crippen molar-refractivity contribution in [1.29, 1.82) is 0 Å². The third-order valence-electron chi connectivity index (χ3n) is 5.54. The van der Waals surface area contributed by atoms with Crippen molar-refractivity contribution < 1.29 is 5.11 Å². The zero-order valence-electron chi connectivity index (χ0n) is 10.9. The molecule has 3 aliphatic carbocycles. The molecular formula is C16H20ClNO. The molecule has 0 spiro atoms. The monoisotopic (exact) mass is 277 g/mol. The number of fused-ring (bicyclic) bond motifs is 5. The van der Waals surface area contributed by atoms with Crippen molar-refractivity contribution in [3.8, 4) is 0 Å². The topological polar surface area (TPSA) is 32.3 Å². The van der Waals surface area contributed by atoms with Gasteiger partial charge in [-0.1, -0.05) is 23.7 Å². The molecule has 3 heteroatoms. The van der Waals surface area contributed by atoms with Crippen LogP contribution in [-0.2, 0) is 0 Å². The Morgan fingerprint density at radius 1 is 1.16 bits per heavy atom. The van der Waals surface area contributed by atoms with E-state index in [-0.39, 0.29) is 0 Å². The minimum atomic E-state index is -0.420. The zero-order valence-corrected chi connectivity index (χ0v) is 11.7. The second-order valence-corrected chi connectivity index (χ2v) is 6.93. The molecule has 0 aromatic heterocycles. The van der Waals surface area contributed by atoms with Gasteiger partial charge in [-0.3, -0.25) is 0 Å². The summed E-state index contributed by atoms with van der Waals surface area (Å²) in [6.07, 6.45) is 3.96. The first-order chi connectivity index (χ1) is 9.24. The largest absolute Gasteiger partial charge is 0.387 e. The zero-order chi connectivity index (χ0) is 13.0. The molecule has 5 unspecified atom stereocenters. The van der Waals surface area contributed by atoms with Gasteiger partial charge in [0.25, 0.3) is 0 Å². The van der Waals surface area contributed by atoms with Crippen LogP contribution in [0, 0.1) is 23.7 Å². The molecule has 3 fully saturated rings. The summed E-state index contributed by atoms with van der Waals surface area (Å²) in [5.41, 5.74) is 0.950. The van der Waals surface area contributed by atoms with Gasteiger partial charge in [-0.2, -0.15) is 0 Å². The van der Waals surface area contributed by atoms with Crippen LogP contribution in [0.2, 0.25) is 5.02 Å². The summed E-state index contributed by atoms with van der Waals surface area (Å²) in [5.74, 6) is 3.83. The van der Waals surface area contributed by atoms with E-state index in [1.54, 1.807) is 0 Å². The molecule has 1 aromatic rings. The number of aliphatic hydroxyl groups is 1. The van der Waals surface area contributed by atoms with Gasteiger partial charge in [-0.15, -0.1) is 0 Å². The van der Waals surface area contributed by atoms with Gasteiger partial charge in [0.05, 0.1) is 6.10 Å². The fourth-order valence-corrected chi connectivity index (χ4v) is 4.77. The lowest BCUT2D eigenvalue weighted by Crippen LogP contribution is -2.27. The van der Waals surface area contributed by atoms with Gasteiger partial charge in [-0.25, -0.2) is 0 Å². The Kier molecular flexibility index (Phi) is 2.87. The van der Waals surface area contributed by atoms with Crippen LogP contribution in [0.4, 0.5) is 0 Å². The van der Waals surface area contributed by atoms with E-state index in [0.29, 0.717) is 12.6 Å². The van der Waals surface area contributed by atoms with Gasteiger partial charge in [0.2, 0.25) is 0 Å². The number of rotatable bonds is 4. The lowest BCUT2D eigenvalue weighted by molar-refractivity contribution is 0.172. The standard InChI is InChI=1S/C16H20ClNO/c17-12-5-3-9(4-6-12)13(19)8-18-16-14-10-1-2-11(7-10)15(14)16/h3-6,10-11,13-16,18-19H,1-2,7-8H2. The van der Waals surface area contributed by atoms with Crippen molar-refractivity contribution in [1.82, 2.24) is 5.32 Å². The molecule has 0 radical (unpaired) electrons. The number of benzene rings is 1. The highest BCUT2D eigenvalue weighted by atomic mass is 35.5. The molecule has 0 aliphatic heterocycles.